The Morgan fingerprint density at radius 2 is 1.23 bits per heavy atom. The van der Waals surface area contributed by atoms with Crippen LogP contribution in [0.5, 0.6) is 0 Å². The van der Waals surface area contributed by atoms with Crippen molar-refractivity contribution in [3.05, 3.63) is 115 Å². The number of furan rings is 1. The molecular formula is C29H21NO. The maximum absolute atomic E-state index is 6.31. The van der Waals surface area contributed by atoms with E-state index in [1.807, 2.05) is 12.1 Å². The minimum absolute atomic E-state index is 0.918. The number of aryl methyl sites for hydroxylation is 1. The van der Waals surface area contributed by atoms with Crippen LogP contribution in [0.1, 0.15) is 5.56 Å². The molecule has 1 aromatic heterocycles. The van der Waals surface area contributed by atoms with Crippen molar-refractivity contribution in [3.8, 4) is 0 Å². The maximum atomic E-state index is 6.31. The van der Waals surface area contributed by atoms with Gasteiger partial charge in [-0.05, 0) is 48.9 Å². The fourth-order valence-corrected chi connectivity index (χ4v) is 4.48. The normalized spacial score (nSPS) is 11.4. The van der Waals surface area contributed by atoms with Crippen LogP contribution in [0.15, 0.2) is 114 Å². The van der Waals surface area contributed by atoms with Crippen LogP contribution in [0, 0.1) is 6.92 Å². The number of hydrogen-bond acceptors (Lipinski definition) is 2. The molecule has 6 rings (SSSR count). The molecule has 0 radical (unpaired) electrons. The lowest BCUT2D eigenvalue weighted by atomic mass is 10.0. The Balaban J connectivity index is 1.75. The molecule has 0 unspecified atom stereocenters. The maximum Gasteiger partial charge on any atom is 0.143 e. The summed E-state index contributed by atoms with van der Waals surface area (Å²) in [4.78, 5) is 2.34. The first-order chi connectivity index (χ1) is 15.3. The average molecular weight is 399 g/mol. The van der Waals surface area contributed by atoms with E-state index in [0.717, 1.165) is 44.4 Å². The fourth-order valence-electron chi connectivity index (χ4n) is 4.48. The number of fused-ring (bicyclic) bond motifs is 5. The standard InChI is InChI=1S/C29H21NO/c1-20-10-9-13-22(18-20)30(21-11-3-2-4-12-21)27-19-26-24-15-7-8-17-28(24)31-29(26)25-16-6-5-14-23(25)27/h2-19H,1H3. The van der Waals surface area contributed by atoms with E-state index in [1.54, 1.807) is 0 Å². The molecule has 0 spiro atoms. The summed E-state index contributed by atoms with van der Waals surface area (Å²) in [5.41, 5.74) is 6.51. The lowest BCUT2D eigenvalue weighted by molar-refractivity contribution is 0.672. The van der Waals surface area contributed by atoms with Crippen molar-refractivity contribution in [2.24, 2.45) is 0 Å². The van der Waals surface area contributed by atoms with E-state index in [9.17, 15) is 0 Å². The molecule has 2 nitrogen and oxygen atoms in total. The van der Waals surface area contributed by atoms with Gasteiger partial charge in [-0.25, -0.2) is 0 Å². The molecule has 0 aliphatic carbocycles. The minimum atomic E-state index is 0.918. The monoisotopic (exact) mass is 399 g/mol. The molecule has 0 saturated carbocycles. The van der Waals surface area contributed by atoms with E-state index < -0.39 is 0 Å². The van der Waals surface area contributed by atoms with Crippen LogP contribution < -0.4 is 4.90 Å². The van der Waals surface area contributed by atoms with Gasteiger partial charge < -0.3 is 9.32 Å². The number of anilines is 3. The quantitative estimate of drug-likeness (QED) is 0.296. The second-order valence-electron chi connectivity index (χ2n) is 7.93. The van der Waals surface area contributed by atoms with Crippen molar-refractivity contribution in [1.82, 2.24) is 0 Å². The first-order valence-electron chi connectivity index (χ1n) is 10.5. The fraction of sp³-hybridized carbons (Fsp3) is 0.0345. The molecule has 0 aliphatic rings. The highest BCUT2D eigenvalue weighted by molar-refractivity contribution is 6.19. The summed E-state index contributed by atoms with van der Waals surface area (Å²) in [5, 5.41) is 4.57. The number of para-hydroxylation sites is 2. The number of benzene rings is 5. The third kappa shape index (κ3) is 2.88. The van der Waals surface area contributed by atoms with Crippen molar-refractivity contribution < 1.29 is 4.42 Å². The highest BCUT2D eigenvalue weighted by atomic mass is 16.3. The van der Waals surface area contributed by atoms with Gasteiger partial charge in [0.1, 0.15) is 11.2 Å². The second-order valence-corrected chi connectivity index (χ2v) is 7.93. The molecule has 148 valence electrons. The van der Waals surface area contributed by atoms with Crippen LogP contribution in [0.25, 0.3) is 32.7 Å². The Hall–Kier alpha value is -4.04. The first-order valence-corrected chi connectivity index (χ1v) is 10.5. The zero-order valence-electron chi connectivity index (χ0n) is 17.2. The Labute approximate surface area is 181 Å². The summed E-state index contributed by atoms with van der Waals surface area (Å²) in [7, 11) is 0. The SMILES string of the molecule is Cc1cccc(N(c2ccccc2)c2cc3c4ccccc4oc3c3ccccc23)c1. The summed E-state index contributed by atoms with van der Waals surface area (Å²) in [5.74, 6) is 0. The molecule has 0 atom stereocenters. The second kappa shape index (κ2) is 7.03. The molecule has 0 fully saturated rings. The lowest BCUT2D eigenvalue weighted by Gasteiger charge is -2.27. The summed E-state index contributed by atoms with van der Waals surface area (Å²) in [6, 6.07) is 38.3. The smallest absolute Gasteiger partial charge is 0.143 e. The predicted octanol–water partition coefficient (Wildman–Crippen LogP) is 8.52. The van der Waals surface area contributed by atoms with Gasteiger partial charge in [0.2, 0.25) is 0 Å². The number of nitrogens with zero attached hydrogens (tertiary/aromatic N) is 1. The van der Waals surface area contributed by atoms with Gasteiger partial charge in [-0.3, -0.25) is 0 Å². The first kappa shape index (κ1) is 17.8. The Bertz CT molecular complexity index is 1550. The zero-order chi connectivity index (χ0) is 20.8. The minimum Gasteiger partial charge on any atom is -0.455 e. The Morgan fingerprint density at radius 3 is 2.03 bits per heavy atom. The highest BCUT2D eigenvalue weighted by Gasteiger charge is 2.19. The Morgan fingerprint density at radius 1 is 0.548 bits per heavy atom. The zero-order valence-corrected chi connectivity index (χ0v) is 17.2. The van der Waals surface area contributed by atoms with E-state index >= 15 is 0 Å². The lowest BCUT2D eigenvalue weighted by Crippen LogP contribution is -2.10. The van der Waals surface area contributed by atoms with Gasteiger partial charge >= 0.3 is 0 Å². The molecule has 6 aromatic rings. The predicted molar refractivity (Wildman–Crippen MR) is 131 cm³/mol. The number of hydrogen-bond donors (Lipinski definition) is 0. The molecule has 1 heterocycles. The third-order valence-corrected chi connectivity index (χ3v) is 5.88. The molecule has 31 heavy (non-hydrogen) atoms. The molecule has 0 amide bonds. The van der Waals surface area contributed by atoms with E-state index in [4.69, 9.17) is 4.42 Å². The van der Waals surface area contributed by atoms with Gasteiger partial charge in [0.15, 0.2) is 0 Å². The summed E-state index contributed by atoms with van der Waals surface area (Å²) in [6.07, 6.45) is 0. The molecule has 0 aliphatic heterocycles. The van der Waals surface area contributed by atoms with Gasteiger partial charge in [0.25, 0.3) is 0 Å². The van der Waals surface area contributed by atoms with Gasteiger partial charge in [-0.1, -0.05) is 72.8 Å². The largest absolute Gasteiger partial charge is 0.455 e. The van der Waals surface area contributed by atoms with Crippen molar-refractivity contribution in [3.63, 3.8) is 0 Å². The van der Waals surface area contributed by atoms with E-state index in [2.05, 4.69) is 109 Å². The van der Waals surface area contributed by atoms with Crippen LogP contribution in [0.2, 0.25) is 0 Å². The molecule has 5 aromatic carbocycles. The van der Waals surface area contributed by atoms with Crippen molar-refractivity contribution >= 4 is 49.8 Å². The van der Waals surface area contributed by atoms with Crippen molar-refractivity contribution in [2.45, 2.75) is 6.92 Å². The average Bonchev–Trinajstić information content (AvgIpc) is 3.19. The van der Waals surface area contributed by atoms with Crippen LogP contribution in [0.3, 0.4) is 0 Å². The van der Waals surface area contributed by atoms with Gasteiger partial charge in [-0.2, -0.15) is 0 Å². The van der Waals surface area contributed by atoms with E-state index in [1.165, 1.54) is 10.9 Å². The Kier molecular flexibility index (Phi) is 4.03. The molecule has 0 saturated heterocycles. The van der Waals surface area contributed by atoms with Crippen molar-refractivity contribution in [2.75, 3.05) is 4.90 Å². The van der Waals surface area contributed by atoms with E-state index in [-0.39, 0.29) is 0 Å². The summed E-state index contributed by atoms with van der Waals surface area (Å²) >= 11 is 0. The molecule has 0 N–H and O–H groups in total. The van der Waals surface area contributed by atoms with Crippen LogP contribution in [0.4, 0.5) is 17.1 Å². The third-order valence-electron chi connectivity index (χ3n) is 5.88. The molecular weight excluding hydrogens is 378 g/mol. The van der Waals surface area contributed by atoms with Gasteiger partial charge in [-0.15, -0.1) is 0 Å². The summed E-state index contributed by atoms with van der Waals surface area (Å²) < 4.78 is 6.31. The topological polar surface area (TPSA) is 16.4 Å². The van der Waals surface area contributed by atoms with E-state index in [0.29, 0.717) is 0 Å². The summed E-state index contributed by atoms with van der Waals surface area (Å²) in [6.45, 7) is 2.14. The van der Waals surface area contributed by atoms with Gasteiger partial charge in [0.05, 0.1) is 5.69 Å². The molecule has 2 heteroatoms. The highest BCUT2D eigenvalue weighted by Crippen LogP contribution is 2.44. The van der Waals surface area contributed by atoms with Crippen LogP contribution in [-0.4, -0.2) is 0 Å². The molecule has 0 bridgehead atoms. The van der Waals surface area contributed by atoms with Crippen LogP contribution in [-0.2, 0) is 0 Å². The van der Waals surface area contributed by atoms with Crippen molar-refractivity contribution in [1.29, 1.82) is 0 Å². The number of rotatable bonds is 3. The van der Waals surface area contributed by atoms with Gasteiger partial charge in [0, 0.05) is 32.9 Å². The van der Waals surface area contributed by atoms with Crippen LogP contribution >= 0.6 is 0 Å².